The van der Waals surface area contributed by atoms with Crippen LogP contribution in [0.1, 0.15) is 74.9 Å². The van der Waals surface area contributed by atoms with Crippen molar-refractivity contribution in [1.82, 2.24) is 15.0 Å². The Hall–Kier alpha value is -8.01. The summed E-state index contributed by atoms with van der Waals surface area (Å²) in [6.07, 6.45) is 11.5. The van der Waals surface area contributed by atoms with Crippen LogP contribution in [0.15, 0.2) is 225 Å². The molecule has 0 fully saturated rings. The lowest BCUT2D eigenvalue weighted by Crippen LogP contribution is -2.09. The third-order valence-electron chi connectivity index (χ3n) is 13.9. The van der Waals surface area contributed by atoms with Crippen LogP contribution in [0.5, 0.6) is 0 Å². The van der Waals surface area contributed by atoms with Crippen molar-refractivity contribution >= 4 is 0 Å². The molecule has 0 bridgehead atoms. The summed E-state index contributed by atoms with van der Waals surface area (Å²) in [6.45, 7) is 13.7. The van der Waals surface area contributed by atoms with Crippen LogP contribution in [0.4, 0.5) is 0 Å². The standard InChI is InChI=1S/C71H67N3/c1-70(2,3)48-54-37-40-73-68(45-54)59-27-23-50(24-28-59)19-21-52-42-53(22-20-51-25-29-60(30-26-51)69-46-55(38-41-74-69)49-71(4,5)6)44-62(43-52)63-16-10-11-17-64(63)65-36-35-61(67-18-12-13-39-72-67)47-66(65)58-33-31-57(32-34-58)56-14-8-7-9-15-56/h7-18,23-47H,19-22,48-49H2,1-6H3. The Balaban J connectivity index is 0.981. The smallest absolute Gasteiger partial charge is 0.0704 e. The molecule has 366 valence electrons. The van der Waals surface area contributed by atoms with Crippen molar-refractivity contribution in [3.05, 3.63) is 258 Å². The minimum atomic E-state index is 0.218. The normalized spacial score (nSPS) is 11.7. The number of pyridine rings is 3. The zero-order valence-corrected chi connectivity index (χ0v) is 43.9. The molecule has 7 aromatic carbocycles. The van der Waals surface area contributed by atoms with E-state index in [2.05, 4.69) is 242 Å². The number of aromatic nitrogens is 3. The van der Waals surface area contributed by atoms with Gasteiger partial charge in [-0.2, -0.15) is 0 Å². The van der Waals surface area contributed by atoms with Crippen LogP contribution >= 0.6 is 0 Å². The molecule has 3 heteroatoms. The molecule has 0 N–H and O–H groups in total. The van der Waals surface area contributed by atoms with Gasteiger partial charge in [0.05, 0.1) is 17.1 Å². The van der Waals surface area contributed by atoms with Gasteiger partial charge in [-0.25, -0.2) is 0 Å². The van der Waals surface area contributed by atoms with Gasteiger partial charge < -0.3 is 0 Å². The van der Waals surface area contributed by atoms with E-state index in [0.29, 0.717) is 0 Å². The Kier molecular flexibility index (Phi) is 14.7. The van der Waals surface area contributed by atoms with Crippen LogP contribution in [0.2, 0.25) is 0 Å². The second-order valence-electron chi connectivity index (χ2n) is 22.5. The molecule has 0 atom stereocenters. The molecule has 10 rings (SSSR count). The van der Waals surface area contributed by atoms with Gasteiger partial charge in [0.1, 0.15) is 0 Å². The van der Waals surface area contributed by atoms with Crippen LogP contribution in [-0.4, -0.2) is 15.0 Å². The fourth-order valence-corrected chi connectivity index (χ4v) is 10.3. The number of aryl methyl sites for hydroxylation is 4. The van der Waals surface area contributed by atoms with Crippen LogP contribution in [-0.2, 0) is 38.5 Å². The Morgan fingerprint density at radius 3 is 1.24 bits per heavy atom. The molecule has 74 heavy (non-hydrogen) atoms. The molecule has 3 heterocycles. The van der Waals surface area contributed by atoms with Crippen molar-refractivity contribution < 1.29 is 0 Å². The lowest BCUT2D eigenvalue weighted by atomic mass is 9.86. The summed E-state index contributed by atoms with van der Waals surface area (Å²) in [5.41, 5.74) is 24.4. The van der Waals surface area contributed by atoms with Gasteiger partial charge in [0, 0.05) is 35.3 Å². The van der Waals surface area contributed by atoms with Gasteiger partial charge in [0.25, 0.3) is 0 Å². The maximum Gasteiger partial charge on any atom is 0.0704 e. The van der Waals surface area contributed by atoms with Gasteiger partial charge in [0.2, 0.25) is 0 Å². The number of nitrogens with zero attached hydrogens (tertiary/aromatic N) is 3. The summed E-state index contributed by atoms with van der Waals surface area (Å²) in [4.78, 5) is 14.3. The highest BCUT2D eigenvalue weighted by atomic mass is 14.7. The zero-order chi connectivity index (χ0) is 51.1. The van der Waals surface area contributed by atoms with Gasteiger partial charge in [0.15, 0.2) is 0 Å². The van der Waals surface area contributed by atoms with Crippen LogP contribution in [0.3, 0.4) is 0 Å². The van der Waals surface area contributed by atoms with E-state index in [1.165, 1.54) is 77.9 Å². The lowest BCUT2D eigenvalue weighted by Gasteiger charge is -2.18. The minimum Gasteiger partial charge on any atom is -0.256 e. The lowest BCUT2D eigenvalue weighted by molar-refractivity contribution is 0.411. The highest BCUT2D eigenvalue weighted by molar-refractivity contribution is 5.94. The number of benzene rings is 7. The molecule has 0 aliphatic rings. The molecule has 0 amide bonds. The second-order valence-corrected chi connectivity index (χ2v) is 22.5. The molecular weight excluding hydrogens is 895 g/mol. The quantitative estimate of drug-likeness (QED) is 0.103. The van der Waals surface area contributed by atoms with E-state index in [4.69, 9.17) is 15.0 Å². The van der Waals surface area contributed by atoms with Crippen molar-refractivity contribution in [3.63, 3.8) is 0 Å². The Labute approximate surface area is 440 Å². The molecule has 3 nitrogen and oxygen atoms in total. The van der Waals surface area contributed by atoms with Gasteiger partial charge in [-0.1, -0.05) is 205 Å². The fraction of sp³-hybridized carbons (Fsp3) is 0.197. The van der Waals surface area contributed by atoms with E-state index >= 15 is 0 Å². The fourth-order valence-electron chi connectivity index (χ4n) is 10.3. The molecule has 0 saturated heterocycles. The van der Waals surface area contributed by atoms with Crippen LogP contribution in [0, 0.1) is 10.8 Å². The van der Waals surface area contributed by atoms with E-state index in [0.717, 1.165) is 72.3 Å². The first-order chi connectivity index (χ1) is 35.9. The zero-order valence-electron chi connectivity index (χ0n) is 43.9. The van der Waals surface area contributed by atoms with Crippen molar-refractivity contribution in [2.45, 2.75) is 80.1 Å². The van der Waals surface area contributed by atoms with E-state index < -0.39 is 0 Å². The first-order valence-corrected chi connectivity index (χ1v) is 26.4. The number of hydrogen-bond donors (Lipinski definition) is 0. The van der Waals surface area contributed by atoms with Gasteiger partial charge in [-0.3, -0.25) is 15.0 Å². The van der Waals surface area contributed by atoms with Crippen molar-refractivity contribution in [3.8, 4) is 78.3 Å². The van der Waals surface area contributed by atoms with Gasteiger partial charge >= 0.3 is 0 Å². The molecule has 10 aromatic rings. The average molecular weight is 962 g/mol. The summed E-state index contributed by atoms with van der Waals surface area (Å²) in [5, 5.41) is 0. The summed E-state index contributed by atoms with van der Waals surface area (Å²) >= 11 is 0. The summed E-state index contributed by atoms with van der Waals surface area (Å²) in [6, 6.07) is 75.8. The molecule has 0 aliphatic heterocycles. The summed E-state index contributed by atoms with van der Waals surface area (Å²) in [5.74, 6) is 0. The van der Waals surface area contributed by atoms with Crippen LogP contribution < -0.4 is 0 Å². The predicted octanol–water partition coefficient (Wildman–Crippen LogP) is 18.3. The molecule has 0 aliphatic carbocycles. The Morgan fingerprint density at radius 1 is 0.257 bits per heavy atom. The molecule has 3 aromatic heterocycles. The molecule has 0 radical (unpaired) electrons. The highest BCUT2D eigenvalue weighted by Gasteiger charge is 2.18. The third-order valence-corrected chi connectivity index (χ3v) is 13.9. The molecular formula is C71H67N3. The largest absolute Gasteiger partial charge is 0.256 e. The maximum atomic E-state index is 4.76. The number of hydrogen-bond acceptors (Lipinski definition) is 3. The van der Waals surface area contributed by atoms with Crippen molar-refractivity contribution in [1.29, 1.82) is 0 Å². The third kappa shape index (κ3) is 12.6. The van der Waals surface area contributed by atoms with E-state index in [9.17, 15) is 0 Å². The first kappa shape index (κ1) is 49.6. The Bertz CT molecular complexity index is 3340. The van der Waals surface area contributed by atoms with E-state index in [1.807, 2.05) is 24.7 Å². The molecule has 0 unspecified atom stereocenters. The van der Waals surface area contributed by atoms with Crippen molar-refractivity contribution in [2.75, 3.05) is 0 Å². The summed E-state index contributed by atoms with van der Waals surface area (Å²) < 4.78 is 0. The average Bonchev–Trinajstić information content (AvgIpc) is 3.42. The summed E-state index contributed by atoms with van der Waals surface area (Å²) in [7, 11) is 0. The van der Waals surface area contributed by atoms with Crippen LogP contribution in [0.25, 0.3) is 78.3 Å². The predicted molar refractivity (Wildman–Crippen MR) is 312 cm³/mol. The Morgan fingerprint density at radius 2 is 0.703 bits per heavy atom. The van der Waals surface area contributed by atoms with Crippen molar-refractivity contribution in [2.24, 2.45) is 10.8 Å². The highest BCUT2D eigenvalue weighted by Crippen LogP contribution is 2.41. The van der Waals surface area contributed by atoms with E-state index in [1.54, 1.807) is 0 Å². The number of rotatable bonds is 15. The monoisotopic (exact) mass is 962 g/mol. The first-order valence-electron chi connectivity index (χ1n) is 26.4. The maximum absolute atomic E-state index is 4.76. The topological polar surface area (TPSA) is 38.7 Å². The minimum absolute atomic E-state index is 0.218. The van der Waals surface area contributed by atoms with Gasteiger partial charge in [-0.05, 0) is 170 Å². The van der Waals surface area contributed by atoms with E-state index in [-0.39, 0.29) is 10.8 Å². The van der Waals surface area contributed by atoms with Gasteiger partial charge in [-0.15, -0.1) is 0 Å². The SMILES string of the molecule is CC(C)(C)Cc1ccnc(-c2ccc(CCc3cc(CCc4ccc(-c5cc(CC(C)(C)C)ccn5)cc4)cc(-c4ccccc4-c4ccc(-c5ccccn5)cc4-c4ccc(-c5ccccc5)cc4)c3)cc2)c1. The molecule has 0 spiro atoms. The second kappa shape index (κ2) is 22.0. The molecule has 0 saturated carbocycles.